The third-order valence-corrected chi connectivity index (χ3v) is 6.76. The summed E-state index contributed by atoms with van der Waals surface area (Å²) >= 11 is 0. The monoisotopic (exact) mass is 473 g/mol. The molecule has 1 aromatic rings. The van der Waals surface area contributed by atoms with Gasteiger partial charge in [-0.2, -0.15) is 0 Å². The average molecular weight is 474 g/mol. The van der Waals surface area contributed by atoms with Crippen molar-refractivity contribution in [3.8, 4) is 11.5 Å². The molecular formula is C32H57O2. The summed E-state index contributed by atoms with van der Waals surface area (Å²) in [6.07, 6.45) is 27.8. The number of hydrogen-bond acceptors (Lipinski definition) is 2. The van der Waals surface area contributed by atoms with Crippen molar-refractivity contribution in [3.05, 3.63) is 30.7 Å². The van der Waals surface area contributed by atoms with E-state index in [1.165, 1.54) is 121 Å². The summed E-state index contributed by atoms with van der Waals surface area (Å²) in [5.41, 5.74) is 1.19. The zero-order valence-electron chi connectivity index (χ0n) is 23.0. The topological polar surface area (TPSA) is 18.5 Å². The molecule has 0 heterocycles. The summed E-state index contributed by atoms with van der Waals surface area (Å²) in [5, 5.41) is 0. The van der Waals surface area contributed by atoms with Crippen LogP contribution >= 0.6 is 0 Å². The summed E-state index contributed by atoms with van der Waals surface area (Å²) in [6, 6.07) is 6.30. The first-order chi connectivity index (χ1) is 16.8. The van der Waals surface area contributed by atoms with E-state index >= 15 is 0 Å². The molecule has 0 saturated heterocycles. The van der Waals surface area contributed by atoms with Gasteiger partial charge in [-0.05, 0) is 43.9 Å². The molecule has 0 N–H and O–H groups in total. The molecule has 197 valence electrons. The average Bonchev–Trinajstić information content (AvgIpc) is 2.85. The van der Waals surface area contributed by atoms with Crippen molar-refractivity contribution >= 4 is 0 Å². The van der Waals surface area contributed by atoms with E-state index in [2.05, 4.69) is 39.0 Å². The number of unbranched alkanes of at least 4 members (excludes halogenated alkanes) is 18. The molecule has 2 heteroatoms. The number of rotatable bonds is 25. The molecule has 0 spiro atoms. The van der Waals surface area contributed by atoms with Crippen molar-refractivity contribution in [2.24, 2.45) is 0 Å². The standard InChI is InChI=1S/C32H57O2/c1-4-7-9-11-13-15-17-19-21-23-25-33-31-27-30(6-3)28-32(29-31)34-26-24-22-20-18-16-14-12-10-8-5-2/h27-29H,3-26H2,1-2H3. The van der Waals surface area contributed by atoms with E-state index in [1.54, 1.807) is 0 Å². The lowest BCUT2D eigenvalue weighted by molar-refractivity contribution is 0.289. The molecule has 1 rings (SSSR count). The molecule has 2 nitrogen and oxygen atoms in total. The van der Waals surface area contributed by atoms with Gasteiger partial charge in [-0.1, -0.05) is 129 Å². The first-order valence-electron chi connectivity index (χ1n) is 15.0. The van der Waals surface area contributed by atoms with Crippen molar-refractivity contribution in [2.75, 3.05) is 13.2 Å². The van der Waals surface area contributed by atoms with Crippen LogP contribution in [0.3, 0.4) is 0 Å². The highest BCUT2D eigenvalue weighted by Gasteiger charge is 2.03. The lowest BCUT2D eigenvalue weighted by Gasteiger charge is -2.12. The maximum Gasteiger partial charge on any atom is 0.123 e. The summed E-state index contributed by atoms with van der Waals surface area (Å²) in [7, 11) is 0. The van der Waals surface area contributed by atoms with Crippen LogP contribution in [0.4, 0.5) is 0 Å². The second-order valence-corrected chi connectivity index (χ2v) is 10.1. The first-order valence-corrected chi connectivity index (χ1v) is 15.0. The van der Waals surface area contributed by atoms with E-state index in [0.29, 0.717) is 0 Å². The van der Waals surface area contributed by atoms with Gasteiger partial charge in [0.25, 0.3) is 0 Å². The van der Waals surface area contributed by atoms with Gasteiger partial charge in [-0.25, -0.2) is 0 Å². The molecule has 0 atom stereocenters. The van der Waals surface area contributed by atoms with E-state index < -0.39 is 0 Å². The van der Waals surface area contributed by atoms with Crippen LogP contribution in [0.2, 0.25) is 0 Å². The van der Waals surface area contributed by atoms with Crippen LogP contribution < -0.4 is 9.47 Å². The quantitative estimate of drug-likeness (QED) is 0.131. The highest BCUT2D eigenvalue weighted by Crippen LogP contribution is 2.24. The van der Waals surface area contributed by atoms with Gasteiger partial charge in [-0.15, -0.1) is 0 Å². The van der Waals surface area contributed by atoms with Crippen LogP contribution in [-0.4, -0.2) is 13.2 Å². The van der Waals surface area contributed by atoms with Crippen LogP contribution in [0.5, 0.6) is 11.5 Å². The third-order valence-electron chi connectivity index (χ3n) is 6.76. The zero-order chi connectivity index (χ0) is 24.5. The summed E-state index contributed by atoms with van der Waals surface area (Å²) in [4.78, 5) is 0. The van der Waals surface area contributed by atoms with Crippen molar-refractivity contribution in [1.82, 2.24) is 0 Å². The fraction of sp³-hybridized carbons (Fsp3) is 0.781. The predicted molar refractivity (Wildman–Crippen MR) is 150 cm³/mol. The minimum absolute atomic E-state index is 0.768. The largest absolute Gasteiger partial charge is 0.493 e. The fourth-order valence-corrected chi connectivity index (χ4v) is 4.50. The van der Waals surface area contributed by atoms with Crippen LogP contribution in [-0.2, 0) is 6.42 Å². The van der Waals surface area contributed by atoms with Gasteiger partial charge < -0.3 is 9.47 Å². The predicted octanol–water partition coefficient (Wildman–Crippen LogP) is 10.7. The second-order valence-electron chi connectivity index (χ2n) is 10.1. The zero-order valence-corrected chi connectivity index (χ0v) is 23.0. The van der Waals surface area contributed by atoms with Crippen LogP contribution in [0.1, 0.15) is 148 Å². The molecule has 0 aliphatic heterocycles. The van der Waals surface area contributed by atoms with Crippen LogP contribution in [0.15, 0.2) is 18.2 Å². The molecule has 34 heavy (non-hydrogen) atoms. The van der Waals surface area contributed by atoms with E-state index in [4.69, 9.17) is 9.47 Å². The Morgan fingerprint density at radius 2 is 0.794 bits per heavy atom. The summed E-state index contributed by atoms with van der Waals surface area (Å²) < 4.78 is 12.1. The van der Waals surface area contributed by atoms with E-state index in [0.717, 1.165) is 44.0 Å². The molecule has 0 fully saturated rings. The van der Waals surface area contributed by atoms with Gasteiger partial charge in [0.05, 0.1) is 13.2 Å². The SMILES string of the molecule is [CH2]Cc1cc(OCCCCCCCCCCCC)cc(OCCCCCCCCCCCC)c1. The van der Waals surface area contributed by atoms with E-state index in [1.807, 2.05) is 0 Å². The van der Waals surface area contributed by atoms with Crippen molar-refractivity contribution in [1.29, 1.82) is 0 Å². The first kappa shape index (κ1) is 30.9. The van der Waals surface area contributed by atoms with Gasteiger partial charge >= 0.3 is 0 Å². The Balaban J connectivity index is 2.10. The molecule has 0 unspecified atom stereocenters. The number of hydrogen-bond donors (Lipinski definition) is 0. The smallest absolute Gasteiger partial charge is 0.123 e. The van der Waals surface area contributed by atoms with Crippen molar-refractivity contribution < 1.29 is 9.47 Å². The minimum Gasteiger partial charge on any atom is -0.493 e. The Bertz CT molecular complexity index is 510. The fourth-order valence-electron chi connectivity index (χ4n) is 4.50. The maximum absolute atomic E-state index is 6.06. The highest BCUT2D eigenvalue weighted by molar-refractivity contribution is 5.38. The molecule has 0 saturated carbocycles. The van der Waals surface area contributed by atoms with Gasteiger partial charge in [0.1, 0.15) is 11.5 Å². The van der Waals surface area contributed by atoms with E-state index in [9.17, 15) is 0 Å². The highest BCUT2D eigenvalue weighted by atomic mass is 16.5. The van der Waals surface area contributed by atoms with Gasteiger partial charge in [0.15, 0.2) is 0 Å². The van der Waals surface area contributed by atoms with Crippen molar-refractivity contribution in [2.45, 2.75) is 149 Å². The lowest BCUT2D eigenvalue weighted by atomic mass is 10.1. The Hall–Kier alpha value is -1.18. The van der Waals surface area contributed by atoms with E-state index in [-0.39, 0.29) is 0 Å². The molecule has 0 aromatic heterocycles. The maximum atomic E-state index is 6.06. The molecule has 0 amide bonds. The third kappa shape index (κ3) is 18.2. The van der Waals surface area contributed by atoms with Gasteiger partial charge in [0.2, 0.25) is 0 Å². The van der Waals surface area contributed by atoms with Gasteiger partial charge in [0, 0.05) is 6.07 Å². The summed E-state index contributed by atoms with van der Waals surface area (Å²) in [6.45, 7) is 10.2. The Labute approximate surface area is 213 Å². The van der Waals surface area contributed by atoms with Crippen LogP contribution in [0, 0.1) is 6.92 Å². The molecule has 1 aromatic carbocycles. The normalized spacial score (nSPS) is 11.1. The van der Waals surface area contributed by atoms with Crippen LogP contribution in [0.25, 0.3) is 0 Å². The molecular weight excluding hydrogens is 416 g/mol. The molecule has 0 bridgehead atoms. The molecule has 0 aliphatic carbocycles. The Kier molecular flexibility index (Phi) is 21.4. The second kappa shape index (κ2) is 23.6. The minimum atomic E-state index is 0.768. The summed E-state index contributed by atoms with van der Waals surface area (Å²) in [5.74, 6) is 1.88. The molecule has 1 radical (unpaired) electrons. The Morgan fingerprint density at radius 1 is 0.471 bits per heavy atom. The van der Waals surface area contributed by atoms with Gasteiger partial charge in [-0.3, -0.25) is 0 Å². The number of ether oxygens (including phenoxy) is 2. The number of benzene rings is 1. The van der Waals surface area contributed by atoms with Crippen molar-refractivity contribution in [3.63, 3.8) is 0 Å². The molecule has 0 aliphatic rings. The Morgan fingerprint density at radius 3 is 1.12 bits per heavy atom. The lowest BCUT2D eigenvalue weighted by Crippen LogP contribution is -2.01.